The first-order valence-corrected chi connectivity index (χ1v) is 10.8. The zero-order valence-corrected chi connectivity index (χ0v) is 17.7. The number of rotatable bonds is 5. The second-order valence-corrected chi connectivity index (χ2v) is 8.31. The van der Waals surface area contributed by atoms with Crippen LogP contribution in [-0.4, -0.2) is 51.0 Å². The van der Waals surface area contributed by atoms with Crippen LogP contribution < -0.4 is 11.1 Å². The average molecular weight is 424 g/mol. The third kappa shape index (κ3) is 4.27. The van der Waals surface area contributed by atoms with Gasteiger partial charge in [0.25, 0.3) is 0 Å². The molecule has 5 rings (SSSR count). The normalized spacial score (nSPS) is 12.9. The summed E-state index contributed by atoms with van der Waals surface area (Å²) < 4.78 is 1.85. The van der Waals surface area contributed by atoms with Crippen molar-refractivity contribution in [1.29, 1.82) is 0 Å². The Morgan fingerprint density at radius 3 is 2.97 bits per heavy atom. The number of pyridine rings is 1. The van der Waals surface area contributed by atoms with Crippen LogP contribution in [-0.2, 0) is 17.6 Å². The van der Waals surface area contributed by atoms with Crippen LogP contribution in [0.5, 0.6) is 0 Å². The summed E-state index contributed by atoms with van der Waals surface area (Å²) >= 11 is 1.82. The third-order valence-electron chi connectivity index (χ3n) is 5.08. The van der Waals surface area contributed by atoms with Gasteiger partial charge in [0, 0.05) is 43.1 Å². The predicted octanol–water partition coefficient (Wildman–Crippen LogP) is 2.99. The summed E-state index contributed by atoms with van der Waals surface area (Å²) in [4.78, 5) is 22.8. The number of nitrogens with one attached hydrogen (secondary N) is 1. The Kier molecular flexibility index (Phi) is 6.20. The van der Waals surface area contributed by atoms with Crippen LogP contribution >= 0.6 is 11.3 Å². The molecule has 9 heteroatoms. The number of aromatic nitrogens is 4. The van der Waals surface area contributed by atoms with E-state index >= 15 is 0 Å². The standard InChI is InChI=1S/C17H15N5S.C4H10N2O/c1-2-4-14-13(3-1)15-16(18-10-19-17(15)23-14)21-11-6-8-22-12(9-11)5-7-20-22;1-6(4-7)3-2-5/h5-10H,1-4H2,(H,18,19,21);4H,2-3,5H2,1H3. The maximum Gasteiger partial charge on any atom is 0.209 e. The van der Waals surface area contributed by atoms with E-state index in [2.05, 4.69) is 26.4 Å². The molecule has 156 valence electrons. The lowest BCUT2D eigenvalue weighted by Gasteiger charge is -2.12. The van der Waals surface area contributed by atoms with E-state index in [1.165, 1.54) is 40.0 Å². The van der Waals surface area contributed by atoms with Crippen LogP contribution in [0.2, 0.25) is 0 Å². The van der Waals surface area contributed by atoms with Crippen molar-refractivity contribution in [2.75, 3.05) is 25.5 Å². The van der Waals surface area contributed by atoms with E-state index in [9.17, 15) is 4.79 Å². The molecule has 4 heterocycles. The quantitative estimate of drug-likeness (QED) is 0.479. The largest absolute Gasteiger partial charge is 0.347 e. The zero-order chi connectivity index (χ0) is 20.9. The number of fused-ring (bicyclic) bond motifs is 4. The van der Waals surface area contributed by atoms with Crippen molar-refractivity contribution in [3.05, 3.63) is 47.4 Å². The number of nitrogens with zero attached hydrogens (tertiary/aromatic N) is 5. The van der Waals surface area contributed by atoms with E-state index in [1.807, 2.05) is 34.2 Å². The molecule has 0 aliphatic heterocycles. The summed E-state index contributed by atoms with van der Waals surface area (Å²) in [5, 5.41) is 8.92. The van der Waals surface area contributed by atoms with E-state index in [0.717, 1.165) is 34.7 Å². The summed E-state index contributed by atoms with van der Waals surface area (Å²) in [6.45, 7) is 1.18. The molecule has 8 nitrogen and oxygen atoms in total. The fraction of sp³-hybridized carbons (Fsp3) is 0.333. The van der Waals surface area contributed by atoms with Crippen LogP contribution in [0, 0.1) is 0 Å². The molecule has 0 saturated heterocycles. The number of carbonyl (C=O) groups is 1. The van der Waals surface area contributed by atoms with Crippen LogP contribution in [0.25, 0.3) is 15.7 Å². The van der Waals surface area contributed by atoms with Crippen molar-refractivity contribution in [2.24, 2.45) is 5.73 Å². The molecule has 30 heavy (non-hydrogen) atoms. The van der Waals surface area contributed by atoms with E-state index in [1.54, 1.807) is 19.6 Å². The summed E-state index contributed by atoms with van der Waals surface area (Å²) in [5.41, 5.74) is 8.64. The number of anilines is 2. The Morgan fingerprint density at radius 2 is 2.17 bits per heavy atom. The first kappa shape index (κ1) is 20.2. The van der Waals surface area contributed by atoms with Crippen molar-refractivity contribution >= 4 is 45.0 Å². The minimum atomic E-state index is 0.537. The molecule has 0 unspecified atom stereocenters. The summed E-state index contributed by atoms with van der Waals surface area (Å²) in [5.74, 6) is 0.915. The highest BCUT2D eigenvalue weighted by atomic mass is 32.1. The fourth-order valence-electron chi connectivity index (χ4n) is 3.58. The van der Waals surface area contributed by atoms with Gasteiger partial charge in [-0.05, 0) is 49.4 Å². The Balaban J connectivity index is 0.000000272. The summed E-state index contributed by atoms with van der Waals surface area (Å²) in [6, 6.07) is 6.10. The Hall–Kier alpha value is -3.04. The maximum atomic E-state index is 9.77. The molecule has 0 spiro atoms. The van der Waals surface area contributed by atoms with Crippen molar-refractivity contribution in [1.82, 2.24) is 24.5 Å². The van der Waals surface area contributed by atoms with E-state index in [4.69, 9.17) is 5.73 Å². The van der Waals surface area contributed by atoms with Gasteiger partial charge in [-0.3, -0.25) is 4.79 Å². The van der Waals surface area contributed by atoms with Gasteiger partial charge in [-0.1, -0.05) is 0 Å². The second kappa shape index (κ2) is 9.19. The average Bonchev–Trinajstić information content (AvgIpc) is 3.38. The molecule has 0 radical (unpaired) electrons. The van der Waals surface area contributed by atoms with Crippen LogP contribution in [0.4, 0.5) is 11.5 Å². The highest BCUT2D eigenvalue weighted by Gasteiger charge is 2.19. The van der Waals surface area contributed by atoms with Crippen LogP contribution in [0.3, 0.4) is 0 Å². The van der Waals surface area contributed by atoms with Crippen LogP contribution in [0.15, 0.2) is 36.9 Å². The summed E-state index contributed by atoms with van der Waals surface area (Å²) in [6.07, 6.45) is 11.0. The number of carbonyl (C=O) groups excluding carboxylic acids is 1. The van der Waals surface area contributed by atoms with Gasteiger partial charge in [0.2, 0.25) is 6.41 Å². The molecule has 1 aliphatic carbocycles. The number of hydrogen-bond acceptors (Lipinski definition) is 7. The lowest BCUT2D eigenvalue weighted by Crippen LogP contribution is -2.23. The molecule has 4 aromatic heterocycles. The van der Waals surface area contributed by atoms with Crippen molar-refractivity contribution in [2.45, 2.75) is 25.7 Å². The van der Waals surface area contributed by atoms with Gasteiger partial charge in [0.05, 0.1) is 10.9 Å². The monoisotopic (exact) mass is 423 g/mol. The zero-order valence-electron chi connectivity index (χ0n) is 16.9. The first-order valence-electron chi connectivity index (χ1n) is 10.0. The topological polar surface area (TPSA) is 101 Å². The number of hydrogen-bond donors (Lipinski definition) is 2. The van der Waals surface area contributed by atoms with E-state index in [0.29, 0.717) is 13.1 Å². The number of likely N-dealkylation sites (N-methyl/N-ethyl adjacent to an activating group) is 1. The molecular formula is C21H25N7OS. The molecular weight excluding hydrogens is 398 g/mol. The smallest absolute Gasteiger partial charge is 0.209 e. The second-order valence-electron chi connectivity index (χ2n) is 7.23. The molecule has 3 N–H and O–H groups in total. The van der Waals surface area contributed by atoms with Gasteiger partial charge in [-0.15, -0.1) is 11.3 Å². The molecule has 0 bridgehead atoms. The lowest BCUT2D eigenvalue weighted by atomic mass is 9.97. The molecule has 1 aliphatic rings. The first-order chi connectivity index (χ1) is 14.7. The maximum absolute atomic E-state index is 9.77. The fourth-order valence-corrected chi connectivity index (χ4v) is 4.81. The third-order valence-corrected chi connectivity index (χ3v) is 6.28. The van der Waals surface area contributed by atoms with Gasteiger partial charge in [0.15, 0.2) is 0 Å². The molecule has 0 aromatic carbocycles. The number of nitrogens with two attached hydrogens (primary N) is 1. The van der Waals surface area contributed by atoms with Crippen LogP contribution in [0.1, 0.15) is 23.3 Å². The van der Waals surface area contributed by atoms with Gasteiger partial charge >= 0.3 is 0 Å². The summed E-state index contributed by atoms with van der Waals surface area (Å²) in [7, 11) is 1.69. The van der Waals surface area contributed by atoms with Crippen molar-refractivity contribution in [3.63, 3.8) is 0 Å². The molecule has 0 fully saturated rings. The minimum absolute atomic E-state index is 0.537. The molecule has 0 saturated carbocycles. The van der Waals surface area contributed by atoms with Gasteiger partial charge in [0.1, 0.15) is 17.0 Å². The Labute approximate surface area is 178 Å². The van der Waals surface area contributed by atoms with Crippen molar-refractivity contribution in [3.8, 4) is 0 Å². The molecule has 0 atom stereocenters. The SMILES string of the molecule is CN(C=O)CCN.c1nc(Nc2ccn3nccc3c2)c2c3c(sc2n1)CCCC3. The minimum Gasteiger partial charge on any atom is -0.347 e. The van der Waals surface area contributed by atoms with E-state index in [-0.39, 0.29) is 0 Å². The molecule has 4 aromatic rings. The number of amides is 1. The Bertz CT molecular complexity index is 1150. The highest BCUT2D eigenvalue weighted by Crippen LogP contribution is 2.38. The number of aryl methyl sites for hydroxylation is 2. The van der Waals surface area contributed by atoms with Gasteiger partial charge in [-0.2, -0.15) is 5.10 Å². The highest BCUT2D eigenvalue weighted by molar-refractivity contribution is 7.19. The number of thiophene rings is 1. The van der Waals surface area contributed by atoms with Gasteiger partial charge in [-0.25, -0.2) is 14.5 Å². The lowest BCUT2D eigenvalue weighted by molar-refractivity contribution is -0.116. The molecule has 1 amide bonds. The van der Waals surface area contributed by atoms with Crippen molar-refractivity contribution < 1.29 is 4.79 Å². The predicted molar refractivity (Wildman–Crippen MR) is 120 cm³/mol. The van der Waals surface area contributed by atoms with E-state index < -0.39 is 0 Å². The van der Waals surface area contributed by atoms with Gasteiger partial charge < -0.3 is 16.0 Å². The Morgan fingerprint density at radius 1 is 1.30 bits per heavy atom.